The molecular formula is C17H23ClN2OS. The molecule has 5 heteroatoms. The lowest BCUT2D eigenvalue weighted by Gasteiger charge is -2.29. The smallest absolute Gasteiger partial charge is 0.105 e. The summed E-state index contributed by atoms with van der Waals surface area (Å²) in [4.78, 5) is 8.70. The fraction of sp³-hybridized carbons (Fsp3) is 0.353. The van der Waals surface area contributed by atoms with E-state index in [0.717, 1.165) is 18.5 Å². The first-order valence-corrected chi connectivity index (χ1v) is 8.01. The fourth-order valence-corrected chi connectivity index (χ4v) is 3.93. The molecule has 120 valence electrons. The van der Waals surface area contributed by atoms with Crippen molar-refractivity contribution in [3.8, 4) is 0 Å². The normalized spacial score (nSPS) is 16.8. The third-order valence-electron chi connectivity index (χ3n) is 4.05. The predicted molar refractivity (Wildman–Crippen MR) is 98.0 cm³/mol. The Labute approximate surface area is 142 Å². The molecule has 2 N–H and O–H groups in total. The molecule has 0 amide bonds. The van der Waals surface area contributed by atoms with Gasteiger partial charge in [-0.05, 0) is 42.0 Å². The average molecular weight is 339 g/mol. The number of rotatable bonds is 2. The molecule has 1 aliphatic heterocycles. The zero-order valence-corrected chi connectivity index (χ0v) is 14.8. The molecule has 3 rings (SSSR count). The standard InChI is InChI=1S/C17H20N2S.ClH.H2O/c1-4-16-18-14-8-6-5-7-13(14)11-15(19(16)3)17-12(2)9-10-20-17;;/h5-10,15H,4,11H2,1-3H3;1H;1H2. The maximum atomic E-state index is 4.88. The number of aryl methyl sites for hydroxylation is 1. The Kier molecular flexibility index (Phi) is 6.60. The van der Waals surface area contributed by atoms with Crippen LogP contribution in [0.1, 0.15) is 35.4 Å². The Hall–Kier alpha value is -1.36. The van der Waals surface area contributed by atoms with Crippen molar-refractivity contribution >= 4 is 35.3 Å². The predicted octanol–water partition coefficient (Wildman–Crippen LogP) is 4.32. The third-order valence-corrected chi connectivity index (χ3v) is 5.17. The molecule has 1 aromatic carbocycles. The highest BCUT2D eigenvalue weighted by molar-refractivity contribution is 7.10. The number of amidine groups is 1. The van der Waals surface area contributed by atoms with Gasteiger partial charge in [0, 0.05) is 18.3 Å². The van der Waals surface area contributed by atoms with E-state index in [9.17, 15) is 0 Å². The van der Waals surface area contributed by atoms with Gasteiger partial charge in [0.25, 0.3) is 0 Å². The molecule has 2 aromatic rings. The largest absolute Gasteiger partial charge is 0.412 e. The van der Waals surface area contributed by atoms with Gasteiger partial charge in [-0.25, -0.2) is 4.99 Å². The summed E-state index contributed by atoms with van der Waals surface area (Å²) in [5.41, 5.74) is 3.87. The highest BCUT2D eigenvalue weighted by Crippen LogP contribution is 2.36. The lowest BCUT2D eigenvalue weighted by Crippen LogP contribution is -2.30. The van der Waals surface area contributed by atoms with E-state index in [2.05, 4.69) is 61.5 Å². The molecular weight excluding hydrogens is 316 g/mol. The first-order chi connectivity index (χ1) is 9.70. The number of thiophene rings is 1. The van der Waals surface area contributed by atoms with Crippen molar-refractivity contribution in [2.75, 3.05) is 7.05 Å². The molecule has 3 nitrogen and oxygen atoms in total. The van der Waals surface area contributed by atoms with E-state index < -0.39 is 0 Å². The molecule has 0 bridgehead atoms. The van der Waals surface area contributed by atoms with Crippen molar-refractivity contribution in [3.63, 3.8) is 0 Å². The Bertz CT molecular complexity index is 654. The minimum absolute atomic E-state index is 0. The van der Waals surface area contributed by atoms with Gasteiger partial charge in [0.15, 0.2) is 0 Å². The van der Waals surface area contributed by atoms with Crippen molar-refractivity contribution in [1.29, 1.82) is 0 Å². The summed E-state index contributed by atoms with van der Waals surface area (Å²) in [6.45, 7) is 4.39. The summed E-state index contributed by atoms with van der Waals surface area (Å²) in [5.74, 6) is 1.17. The number of nitrogens with zero attached hydrogens (tertiary/aromatic N) is 2. The van der Waals surface area contributed by atoms with E-state index in [-0.39, 0.29) is 17.9 Å². The van der Waals surface area contributed by atoms with Crippen LogP contribution < -0.4 is 0 Å². The van der Waals surface area contributed by atoms with E-state index in [1.165, 1.54) is 21.8 Å². The fourth-order valence-electron chi connectivity index (χ4n) is 2.86. The molecule has 1 aromatic heterocycles. The van der Waals surface area contributed by atoms with Crippen LogP contribution in [0.4, 0.5) is 5.69 Å². The van der Waals surface area contributed by atoms with Crippen LogP contribution in [0, 0.1) is 6.92 Å². The van der Waals surface area contributed by atoms with Gasteiger partial charge in [-0.2, -0.15) is 0 Å². The van der Waals surface area contributed by atoms with Gasteiger partial charge in [0.1, 0.15) is 5.84 Å². The molecule has 1 unspecified atom stereocenters. The lowest BCUT2D eigenvalue weighted by molar-refractivity contribution is 0.374. The van der Waals surface area contributed by atoms with Gasteiger partial charge >= 0.3 is 0 Å². The molecule has 0 saturated carbocycles. The van der Waals surface area contributed by atoms with Crippen LogP contribution in [-0.2, 0) is 6.42 Å². The number of fused-ring (bicyclic) bond motifs is 1. The number of hydrogen-bond acceptors (Lipinski definition) is 3. The number of aliphatic imine (C=N–C) groups is 1. The quantitative estimate of drug-likeness (QED) is 0.804. The van der Waals surface area contributed by atoms with Crippen molar-refractivity contribution in [2.24, 2.45) is 4.99 Å². The molecule has 1 aliphatic rings. The number of para-hydroxylation sites is 1. The topological polar surface area (TPSA) is 47.1 Å². The van der Waals surface area contributed by atoms with Gasteiger partial charge in [0.05, 0.1) is 11.7 Å². The Morgan fingerprint density at radius 2 is 2.00 bits per heavy atom. The van der Waals surface area contributed by atoms with Crippen LogP contribution in [0.15, 0.2) is 40.7 Å². The Balaban J connectivity index is 0.00000121. The maximum Gasteiger partial charge on any atom is 0.105 e. The summed E-state index contributed by atoms with van der Waals surface area (Å²) >= 11 is 1.86. The number of benzene rings is 1. The van der Waals surface area contributed by atoms with E-state index in [1.54, 1.807) is 0 Å². The number of likely N-dealkylation sites (N-methyl/N-ethyl adjacent to an activating group) is 1. The summed E-state index contributed by atoms with van der Waals surface area (Å²) in [5, 5.41) is 2.19. The van der Waals surface area contributed by atoms with Gasteiger partial charge in [0.2, 0.25) is 0 Å². The SMILES string of the molecule is CCC1=Nc2ccccc2CC(c2sccc2C)N1C.Cl.O. The molecule has 0 fully saturated rings. The second-order valence-corrected chi connectivity index (χ2v) is 6.26. The van der Waals surface area contributed by atoms with Crippen molar-refractivity contribution in [3.05, 3.63) is 51.7 Å². The van der Waals surface area contributed by atoms with Crippen LogP contribution >= 0.6 is 23.7 Å². The second-order valence-electron chi connectivity index (χ2n) is 5.31. The van der Waals surface area contributed by atoms with Gasteiger partial charge < -0.3 is 10.4 Å². The second kappa shape index (κ2) is 7.77. The van der Waals surface area contributed by atoms with Crippen molar-refractivity contribution < 1.29 is 5.48 Å². The molecule has 2 heterocycles. The Morgan fingerprint density at radius 1 is 1.27 bits per heavy atom. The van der Waals surface area contributed by atoms with Gasteiger partial charge in [-0.3, -0.25) is 0 Å². The zero-order valence-electron chi connectivity index (χ0n) is 13.2. The van der Waals surface area contributed by atoms with E-state index in [0.29, 0.717) is 6.04 Å². The third kappa shape index (κ3) is 3.35. The maximum absolute atomic E-state index is 4.88. The van der Waals surface area contributed by atoms with Gasteiger partial charge in [-0.15, -0.1) is 23.7 Å². The zero-order chi connectivity index (χ0) is 14.1. The summed E-state index contributed by atoms with van der Waals surface area (Å²) < 4.78 is 0. The van der Waals surface area contributed by atoms with Gasteiger partial charge in [-0.1, -0.05) is 25.1 Å². The van der Waals surface area contributed by atoms with Crippen molar-refractivity contribution in [1.82, 2.24) is 4.90 Å². The minimum atomic E-state index is 0. The van der Waals surface area contributed by atoms with Crippen LogP contribution in [0.3, 0.4) is 0 Å². The van der Waals surface area contributed by atoms with Crippen LogP contribution in [-0.4, -0.2) is 23.3 Å². The molecule has 0 aliphatic carbocycles. The molecule has 1 atom stereocenters. The van der Waals surface area contributed by atoms with E-state index in [1.807, 2.05) is 11.3 Å². The highest BCUT2D eigenvalue weighted by Gasteiger charge is 2.26. The summed E-state index contributed by atoms with van der Waals surface area (Å²) in [7, 11) is 2.18. The molecule has 0 spiro atoms. The first kappa shape index (κ1) is 18.7. The number of halogens is 1. The lowest BCUT2D eigenvalue weighted by atomic mass is 10.0. The van der Waals surface area contributed by atoms with Crippen LogP contribution in [0.2, 0.25) is 0 Å². The van der Waals surface area contributed by atoms with Crippen LogP contribution in [0.5, 0.6) is 0 Å². The number of hydrogen-bond donors (Lipinski definition) is 0. The minimum Gasteiger partial charge on any atom is -0.412 e. The summed E-state index contributed by atoms with van der Waals surface area (Å²) in [6, 6.07) is 11.1. The first-order valence-electron chi connectivity index (χ1n) is 7.13. The molecule has 0 radical (unpaired) electrons. The molecule has 0 saturated heterocycles. The average Bonchev–Trinajstić information content (AvgIpc) is 2.82. The van der Waals surface area contributed by atoms with E-state index >= 15 is 0 Å². The summed E-state index contributed by atoms with van der Waals surface area (Å²) in [6.07, 6.45) is 1.99. The monoisotopic (exact) mass is 338 g/mol. The van der Waals surface area contributed by atoms with E-state index in [4.69, 9.17) is 4.99 Å². The van der Waals surface area contributed by atoms with Crippen molar-refractivity contribution in [2.45, 2.75) is 32.7 Å². The molecule has 22 heavy (non-hydrogen) atoms. The highest BCUT2D eigenvalue weighted by atomic mass is 35.5. The Morgan fingerprint density at radius 3 is 2.64 bits per heavy atom. The van der Waals surface area contributed by atoms with Crippen LogP contribution in [0.25, 0.3) is 0 Å².